The van der Waals surface area contributed by atoms with Crippen LogP contribution in [-0.2, 0) is 23.3 Å². The number of amides is 1. The second-order valence-corrected chi connectivity index (χ2v) is 6.34. The van der Waals surface area contributed by atoms with Gasteiger partial charge in [0, 0.05) is 12.1 Å². The Hall–Kier alpha value is -2.37. The summed E-state index contributed by atoms with van der Waals surface area (Å²) in [6, 6.07) is 15.7. The highest BCUT2D eigenvalue weighted by Gasteiger charge is 2.37. The maximum absolute atomic E-state index is 12.2. The number of aliphatic hydroxyl groups excluding tert-OH is 1. The summed E-state index contributed by atoms with van der Waals surface area (Å²) in [4.78, 5) is 12.2. The molecular formula is C20H24N2O3. The Balaban J connectivity index is 1.59. The molecule has 0 aromatic heterocycles. The predicted octanol–water partition coefficient (Wildman–Crippen LogP) is 1.73. The molecule has 0 heterocycles. The second kappa shape index (κ2) is 7.68. The maximum Gasteiger partial charge on any atom is 0.234 e. The van der Waals surface area contributed by atoms with Gasteiger partial charge in [0.05, 0.1) is 25.8 Å². The summed E-state index contributed by atoms with van der Waals surface area (Å²) in [5.41, 5.74) is 2.73. The van der Waals surface area contributed by atoms with Crippen LogP contribution in [0.1, 0.15) is 23.1 Å². The molecule has 0 spiro atoms. The van der Waals surface area contributed by atoms with E-state index in [-0.39, 0.29) is 19.1 Å². The molecule has 1 unspecified atom stereocenters. The molecule has 0 aliphatic heterocycles. The molecule has 1 aliphatic rings. The van der Waals surface area contributed by atoms with Crippen molar-refractivity contribution < 1.29 is 14.6 Å². The minimum Gasteiger partial charge on any atom is -0.496 e. The fourth-order valence-electron chi connectivity index (χ4n) is 3.45. The zero-order valence-corrected chi connectivity index (χ0v) is 14.4. The van der Waals surface area contributed by atoms with Gasteiger partial charge in [0.15, 0.2) is 0 Å². The van der Waals surface area contributed by atoms with Crippen molar-refractivity contribution >= 4 is 5.91 Å². The van der Waals surface area contributed by atoms with Crippen molar-refractivity contribution in [1.29, 1.82) is 0 Å². The second-order valence-electron chi connectivity index (χ2n) is 6.34. The van der Waals surface area contributed by atoms with Crippen molar-refractivity contribution in [3.63, 3.8) is 0 Å². The molecule has 1 aliphatic carbocycles. The van der Waals surface area contributed by atoms with E-state index in [0.717, 1.165) is 29.7 Å². The molecular weight excluding hydrogens is 316 g/mol. The number of para-hydroxylation sites is 1. The maximum atomic E-state index is 12.2. The fourth-order valence-corrected chi connectivity index (χ4v) is 3.45. The van der Waals surface area contributed by atoms with Crippen LogP contribution in [0.3, 0.4) is 0 Å². The van der Waals surface area contributed by atoms with E-state index in [9.17, 15) is 9.90 Å². The van der Waals surface area contributed by atoms with E-state index in [1.165, 1.54) is 5.56 Å². The van der Waals surface area contributed by atoms with Gasteiger partial charge >= 0.3 is 0 Å². The number of nitrogens with one attached hydrogen (secondary N) is 2. The van der Waals surface area contributed by atoms with Crippen molar-refractivity contribution in [1.82, 2.24) is 10.6 Å². The smallest absolute Gasteiger partial charge is 0.234 e. The molecule has 5 heteroatoms. The number of hydrogen-bond acceptors (Lipinski definition) is 4. The Bertz CT molecular complexity index is 747. The summed E-state index contributed by atoms with van der Waals surface area (Å²) in [6.07, 6.45) is 1.70. The van der Waals surface area contributed by atoms with Gasteiger partial charge in [-0.05, 0) is 30.0 Å². The van der Waals surface area contributed by atoms with Gasteiger partial charge < -0.3 is 15.2 Å². The van der Waals surface area contributed by atoms with Crippen molar-refractivity contribution in [3.8, 4) is 5.75 Å². The van der Waals surface area contributed by atoms with Crippen LogP contribution in [-0.4, -0.2) is 31.3 Å². The standard InChI is InChI=1S/C20H24N2O3/c1-25-18-9-5-3-7-16(18)12-21-19(24)13-22-20(14-23)11-10-15-6-2-4-8-17(15)20/h2-9,22-23H,10-14H2,1H3,(H,21,24). The first kappa shape index (κ1) is 17.5. The Kier molecular flexibility index (Phi) is 5.36. The minimum absolute atomic E-state index is 0.0240. The van der Waals surface area contributed by atoms with Crippen molar-refractivity contribution in [2.75, 3.05) is 20.3 Å². The average molecular weight is 340 g/mol. The van der Waals surface area contributed by atoms with Gasteiger partial charge in [0.1, 0.15) is 5.75 Å². The van der Waals surface area contributed by atoms with Gasteiger partial charge in [-0.3, -0.25) is 10.1 Å². The van der Waals surface area contributed by atoms with E-state index in [1.807, 2.05) is 42.5 Å². The number of aliphatic hydroxyl groups is 1. The Labute approximate surface area is 148 Å². The summed E-state index contributed by atoms with van der Waals surface area (Å²) in [5.74, 6) is 0.649. The zero-order valence-electron chi connectivity index (χ0n) is 14.4. The van der Waals surface area contributed by atoms with Gasteiger partial charge in [0.2, 0.25) is 5.91 Å². The number of hydrogen-bond donors (Lipinski definition) is 3. The molecule has 0 radical (unpaired) electrons. The lowest BCUT2D eigenvalue weighted by Gasteiger charge is -2.29. The van der Waals surface area contributed by atoms with E-state index in [1.54, 1.807) is 7.11 Å². The molecule has 0 saturated heterocycles. The predicted molar refractivity (Wildman–Crippen MR) is 96.4 cm³/mol. The SMILES string of the molecule is COc1ccccc1CNC(=O)CNC1(CO)CCc2ccccc21. The lowest BCUT2D eigenvalue weighted by Crippen LogP contribution is -2.48. The third-order valence-corrected chi connectivity index (χ3v) is 4.88. The zero-order chi connectivity index (χ0) is 17.7. The summed E-state index contributed by atoms with van der Waals surface area (Å²) < 4.78 is 5.29. The number of carbonyl (C=O) groups excluding carboxylic acids is 1. The monoisotopic (exact) mass is 340 g/mol. The van der Waals surface area contributed by atoms with E-state index in [0.29, 0.717) is 6.54 Å². The molecule has 132 valence electrons. The molecule has 1 atom stereocenters. The largest absolute Gasteiger partial charge is 0.496 e. The summed E-state index contributed by atoms with van der Waals surface area (Å²) in [6.45, 7) is 0.543. The molecule has 0 bridgehead atoms. The quantitative estimate of drug-likeness (QED) is 0.718. The number of methoxy groups -OCH3 is 1. The fraction of sp³-hybridized carbons (Fsp3) is 0.350. The Morgan fingerprint density at radius 2 is 1.96 bits per heavy atom. The molecule has 25 heavy (non-hydrogen) atoms. The van der Waals surface area contributed by atoms with Crippen LogP contribution >= 0.6 is 0 Å². The van der Waals surface area contributed by atoms with Gasteiger partial charge in [-0.15, -0.1) is 0 Å². The van der Waals surface area contributed by atoms with Gasteiger partial charge in [-0.25, -0.2) is 0 Å². The van der Waals surface area contributed by atoms with Crippen LogP contribution in [0.2, 0.25) is 0 Å². The molecule has 2 aromatic rings. The van der Waals surface area contributed by atoms with Crippen LogP contribution in [0.25, 0.3) is 0 Å². The molecule has 3 N–H and O–H groups in total. The van der Waals surface area contributed by atoms with Crippen LogP contribution in [0.4, 0.5) is 0 Å². The lowest BCUT2D eigenvalue weighted by molar-refractivity contribution is -0.120. The van der Waals surface area contributed by atoms with Gasteiger partial charge in [0.25, 0.3) is 0 Å². The summed E-state index contributed by atoms with van der Waals surface area (Å²) >= 11 is 0. The van der Waals surface area contributed by atoms with Gasteiger partial charge in [-0.1, -0.05) is 42.5 Å². The first-order valence-electron chi connectivity index (χ1n) is 8.51. The average Bonchev–Trinajstić information content (AvgIpc) is 3.04. The Morgan fingerprint density at radius 3 is 2.76 bits per heavy atom. The highest BCUT2D eigenvalue weighted by molar-refractivity contribution is 5.78. The van der Waals surface area contributed by atoms with E-state index in [2.05, 4.69) is 16.7 Å². The highest BCUT2D eigenvalue weighted by atomic mass is 16.5. The normalized spacial score (nSPS) is 18.6. The molecule has 2 aromatic carbocycles. The summed E-state index contributed by atoms with van der Waals surface area (Å²) in [7, 11) is 1.62. The van der Waals surface area contributed by atoms with Crippen molar-refractivity contribution in [2.45, 2.75) is 24.9 Å². The highest BCUT2D eigenvalue weighted by Crippen LogP contribution is 2.36. The van der Waals surface area contributed by atoms with Crippen LogP contribution in [0, 0.1) is 0 Å². The number of benzene rings is 2. The number of fused-ring (bicyclic) bond motifs is 1. The first-order chi connectivity index (χ1) is 12.2. The van der Waals surface area contributed by atoms with Gasteiger partial charge in [-0.2, -0.15) is 0 Å². The summed E-state index contributed by atoms with van der Waals surface area (Å²) in [5, 5.41) is 16.1. The third-order valence-electron chi connectivity index (χ3n) is 4.88. The molecule has 0 fully saturated rings. The first-order valence-corrected chi connectivity index (χ1v) is 8.51. The number of rotatable bonds is 7. The van der Waals surface area contributed by atoms with E-state index >= 15 is 0 Å². The van der Waals surface area contributed by atoms with Crippen LogP contribution in [0.15, 0.2) is 48.5 Å². The van der Waals surface area contributed by atoms with Crippen molar-refractivity contribution in [2.24, 2.45) is 0 Å². The minimum atomic E-state index is -0.529. The topological polar surface area (TPSA) is 70.6 Å². The van der Waals surface area contributed by atoms with E-state index < -0.39 is 5.54 Å². The van der Waals surface area contributed by atoms with Crippen LogP contribution < -0.4 is 15.4 Å². The number of ether oxygens (including phenoxy) is 1. The Morgan fingerprint density at radius 1 is 1.20 bits per heavy atom. The van der Waals surface area contributed by atoms with E-state index in [4.69, 9.17) is 4.74 Å². The molecule has 5 nitrogen and oxygen atoms in total. The number of carbonyl (C=O) groups is 1. The van der Waals surface area contributed by atoms with Crippen molar-refractivity contribution in [3.05, 3.63) is 65.2 Å². The molecule has 3 rings (SSSR count). The van der Waals surface area contributed by atoms with Crippen LogP contribution in [0.5, 0.6) is 5.75 Å². The molecule has 0 saturated carbocycles. The lowest BCUT2D eigenvalue weighted by atomic mass is 9.92. The molecule has 1 amide bonds. The number of aryl methyl sites for hydroxylation is 1. The third kappa shape index (κ3) is 3.67.